The van der Waals surface area contributed by atoms with E-state index in [1.807, 2.05) is 0 Å². The quantitative estimate of drug-likeness (QED) is 0.618. The minimum atomic E-state index is -0.517. The topological polar surface area (TPSA) is 85.1 Å². The molecule has 3 rings (SSSR count). The first-order valence-electron chi connectivity index (χ1n) is 7.54. The number of pyridine rings is 1. The Labute approximate surface area is 153 Å². The van der Waals surface area contributed by atoms with Crippen LogP contribution < -0.4 is 11.1 Å². The van der Waals surface area contributed by atoms with Gasteiger partial charge in [0, 0.05) is 11.1 Å². The number of nitrogens with two attached hydrogens (primary N) is 1. The molecule has 3 N–H and O–H groups in total. The average Bonchev–Trinajstić information content (AvgIpc) is 2.71. The summed E-state index contributed by atoms with van der Waals surface area (Å²) in [6, 6.07) is 1.44. The normalized spacial score (nSPS) is 13.9. The van der Waals surface area contributed by atoms with E-state index in [2.05, 4.69) is 10.3 Å². The number of rotatable bonds is 3. The van der Waals surface area contributed by atoms with E-state index in [1.165, 1.54) is 23.6 Å². The summed E-state index contributed by atoms with van der Waals surface area (Å²) in [4.78, 5) is 29.3. The van der Waals surface area contributed by atoms with Crippen LogP contribution in [0.5, 0.6) is 0 Å². The zero-order chi connectivity index (χ0) is 17.3. The van der Waals surface area contributed by atoms with Crippen molar-refractivity contribution < 1.29 is 9.59 Å². The van der Waals surface area contributed by atoms with Gasteiger partial charge in [0.15, 0.2) is 0 Å². The maximum atomic E-state index is 12.4. The zero-order valence-corrected chi connectivity index (χ0v) is 15.0. The molecular weight excluding hydrogens is 369 g/mol. The summed E-state index contributed by atoms with van der Waals surface area (Å²) < 4.78 is 0. The predicted molar refractivity (Wildman–Crippen MR) is 96.3 cm³/mol. The molecular formula is C16H15Cl2N3O2S. The van der Waals surface area contributed by atoms with Gasteiger partial charge in [-0.25, -0.2) is 4.98 Å². The SMILES string of the molecule is NC(=O)c1c(NC(=O)c2cnc(Cl)c(Cl)c2)sc2c1CCCCC2. The van der Waals surface area contributed by atoms with E-state index in [-0.39, 0.29) is 15.7 Å². The Kier molecular flexibility index (Phi) is 5.08. The van der Waals surface area contributed by atoms with Crippen LogP contribution in [0.2, 0.25) is 10.2 Å². The van der Waals surface area contributed by atoms with Crippen LogP contribution >= 0.6 is 34.5 Å². The molecule has 2 aromatic heterocycles. The Morgan fingerprint density at radius 2 is 1.96 bits per heavy atom. The van der Waals surface area contributed by atoms with Crippen LogP contribution in [0.25, 0.3) is 0 Å². The Morgan fingerprint density at radius 1 is 1.21 bits per heavy atom. The van der Waals surface area contributed by atoms with Gasteiger partial charge in [-0.15, -0.1) is 11.3 Å². The van der Waals surface area contributed by atoms with Crippen molar-refractivity contribution in [2.75, 3.05) is 5.32 Å². The standard InChI is InChI=1S/C16H15Cl2N3O2S/c17-10-6-8(7-20-13(10)18)15(23)21-16-12(14(19)22)9-4-2-1-3-5-11(9)24-16/h6-7H,1-5H2,(H2,19,22)(H,21,23). The third-order valence-electron chi connectivity index (χ3n) is 3.95. The van der Waals surface area contributed by atoms with Gasteiger partial charge in [-0.05, 0) is 37.3 Å². The van der Waals surface area contributed by atoms with Gasteiger partial charge in [-0.2, -0.15) is 0 Å². The number of aryl methyl sites for hydroxylation is 1. The number of carbonyl (C=O) groups excluding carboxylic acids is 2. The lowest BCUT2D eigenvalue weighted by molar-refractivity contribution is 0.100. The van der Waals surface area contributed by atoms with E-state index in [0.717, 1.165) is 42.5 Å². The molecule has 8 heteroatoms. The Morgan fingerprint density at radius 3 is 2.67 bits per heavy atom. The zero-order valence-electron chi connectivity index (χ0n) is 12.7. The highest BCUT2D eigenvalue weighted by molar-refractivity contribution is 7.17. The summed E-state index contributed by atoms with van der Waals surface area (Å²) >= 11 is 13.1. The molecule has 2 heterocycles. The fraction of sp³-hybridized carbons (Fsp3) is 0.312. The number of hydrogen-bond donors (Lipinski definition) is 2. The third kappa shape index (κ3) is 3.41. The first-order valence-corrected chi connectivity index (χ1v) is 9.11. The van der Waals surface area contributed by atoms with Crippen molar-refractivity contribution in [2.45, 2.75) is 32.1 Å². The lowest BCUT2D eigenvalue weighted by Gasteiger charge is -2.07. The number of thiophene rings is 1. The summed E-state index contributed by atoms with van der Waals surface area (Å²) in [5.74, 6) is -0.920. The molecule has 0 saturated heterocycles. The molecule has 1 aliphatic rings. The fourth-order valence-electron chi connectivity index (χ4n) is 2.81. The number of anilines is 1. The Balaban J connectivity index is 1.93. The molecule has 0 aliphatic heterocycles. The van der Waals surface area contributed by atoms with Crippen molar-refractivity contribution in [1.29, 1.82) is 0 Å². The molecule has 1 aliphatic carbocycles. The number of hydrogen-bond acceptors (Lipinski definition) is 4. The first kappa shape index (κ1) is 17.2. The summed E-state index contributed by atoms with van der Waals surface area (Å²) in [5, 5.41) is 3.59. The second-order valence-electron chi connectivity index (χ2n) is 5.58. The smallest absolute Gasteiger partial charge is 0.257 e. The molecule has 0 unspecified atom stereocenters. The maximum absolute atomic E-state index is 12.4. The average molecular weight is 384 g/mol. The van der Waals surface area contributed by atoms with Gasteiger partial charge in [-0.3, -0.25) is 9.59 Å². The van der Waals surface area contributed by atoms with E-state index in [0.29, 0.717) is 10.6 Å². The molecule has 5 nitrogen and oxygen atoms in total. The number of primary amides is 1. The number of amides is 2. The molecule has 0 fully saturated rings. The van der Waals surface area contributed by atoms with Crippen LogP contribution in [0, 0.1) is 0 Å². The van der Waals surface area contributed by atoms with Crippen molar-refractivity contribution in [1.82, 2.24) is 4.98 Å². The largest absolute Gasteiger partial charge is 0.365 e. The molecule has 0 bridgehead atoms. The number of nitrogens with one attached hydrogen (secondary N) is 1. The molecule has 0 saturated carbocycles. The van der Waals surface area contributed by atoms with Gasteiger partial charge in [0.25, 0.3) is 11.8 Å². The molecule has 24 heavy (non-hydrogen) atoms. The van der Waals surface area contributed by atoms with Crippen LogP contribution in [0.3, 0.4) is 0 Å². The van der Waals surface area contributed by atoms with E-state index in [4.69, 9.17) is 28.9 Å². The third-order valence-corrected chi connectivity index (χ3v) is 5.85. The van der Waals surface area contributed by atoms with Crippen LogP contribution in [-0.4, -0.2) is 16.8 Å². The van der Waals surface area contributed by atoms with Gasteiger partial charge >= 0.3 is 0 Å². The van der Waals surface area contributed by atoms with E-state index in [1.54, 1.807) is 0 Å². The summed E-state index contributed by atoms with van der Waals surface area (Å²) in [5.41, 5.74) is 7.23. The van der Waals surface area contributed by atoms with Crippen molar-refractivity contribution in [3.63, 3.8) is 0 Å². The highest BCUT2D eigenvalue weighted by Gasteiger charge is 2.24. The lowest BCUT2D eigenvalue weighted by atomic mass is 10.1. The Bertz CT molecular complexity index is 820. The molecule has 0 spiro atoms. The van der Waals surface area contributed by atoms with Gasteiger partial charge in [0.1, 0.15) is 10.2 Å². The number of carbonyl (C=O) groups is 2. The van der Waals surface area contributed by atoms with E-state index >= 15 is 0 Å². The predicted octanol–water partition coefficient (Wildman–Crippen LogP) is 4.07. The number of nitrogens with zero attached hydrogens (tertiary/aromatic N) is 1. The first-order chi connectivity index (χ1) is 11.5. The van der Waals surface area contributed by atoms with Gasteiger partial charge in [-0.1, -0.05) is 29.6 Å². The van der Waals surface area contributed by atoms with Crippen molar-refractivity contribution >= 4 is 51.4 Å². The van der Waals surface area contributed by atoms with Crippen molar-refractivity contribution in [2.24, 2.45) is 5.73 Å². The summed E-state index contributed by atoms with van der Waals surface area (Å²) in [6.45, 7) is 0. The van der Waals surface area contributed by atoms with E-state index in [9.17, 15) is 9.59 Å². The highest BCUT2D eigenvalue weighted by Crippen LogP contribution is 2.37. The lowest BCUT2D eigenvalue weighted by Crippen LogP contribution is -2.18. The molecule has 0 radical (unpaired) electrons. The second-order valence-corrected chi connectivity index (χ2v) is 7.45. The van der Waals surface area contributed by atoms with Gasteiger partial charge < -0.3 is 11.1 Å². The van der Waals surface area contributed by atoms with Crippen LogP contribution in [-0.2, 0) is 12.8 Å². The van der Waals surface area contributed by atoms with Crippen LogP contribution in [0.1, 0.15) is 50.4 Å². The summed E-state index contributed by atoms with van der Waals surface area (Å²) in [7, 11) is 0. The molecule has 2 amide bonds. The minimum Gasteiger partial charge on any atom is -0.365 e. The Hall–Kier alpha value is -1.63. The minimum absolute atomic E-state index is 0.133. The highest BCUT2D eigenvalue weighted by atomic mass is 35.5. The monoisotopic (exact) mass is 383 g/mol. The van der Waals surface area contributed by atoms with E-state index < -0.39 is 11.8 Å². The number of halogens is 2. The molecule has 0 aromatic carbocycles. The summed E-state index contributed by atoms with van der Waals surface area (Å²) in [6.07, 6.45) is 6.30. The fourth-order valence-corrected chi connectivity index (χ4v) is 4.37. The van der Waals surface area contributed by atoms with Gasteiger partial charge in [0.05, 0.1) is 16.1 Å². The molecule has 126 valence electrons. The molecule has 2 aromatic rings. The second kappa shape index (κ2) is 7.09. The van der Waals surface area contributed by atoms with Gasteiger partial charge in [0.2, 0.25) is 0 Å². The van der Waals surface area contributed by atoms with Crippen molar-refractivity contribution in [3.05, 3.63) is 44.0 Å². The van der Waals surface area contributed by atoms with Crippen LogP contribution in [0.4, 0.5) is 5.00 Å². The van der Waals surface area contributed by atoms with Crippen LogP contribution in [0.15, 0.2) is 12.3 Å². The van der Waals surface area contributed by atoms with Crippen molar-refractivity contribution in [3.8, 4) is 0 Å². The number of aromatic nitrogens is 1. The molecule has 0 atom stereocenters. The number of fused-ring (bicyclic) bond motifs is 1. The maximum Gasteiger partial charge on any atom is 0.257 e.